The molecular weight excluding hydrogens is 348 g/mol. The number of hydrogen-bond donors (Lipinski definition) is 0. The Hall–Kier alpha value is -2.42. The van der Waals surface area contributed by atoms with E-state index >= 15 is 0 Å². The molecule has 1 aliphatic carbocycles. The van der Waals surface area contributed by atoms with Crippen molar-refractivity contribution in [3.8, 4) is 0 Å². The summed E-state index contributed by atoms with van der Waals surface area (Å²) in [7, 11) is 0. The Balaban J connectivity index is 2.07. The second-order valence-electron chi connectivity index (χ2n) is 9.48. The Labute approximate surface area is 168 Å². The molecule has 0 N–H and O–H groups in total. The van der Waals surface area contributed by atoms with E-state index in [9.17, 15) is 9.59 Å². The van der Waals surface area contributed by atoms with E-state index < -0.39 is 17.4 Å². The van der Waals surface area contributed by atoms with E-state index in [0.717, 1.165) is 12.0 Å². The van der Waals surface area contributed by atoms with Crippen LogP contribution in [0.3, 0.4) is 0 Å². The quantitative estimate of drug-likeness (QED) is 0.509. The summed E-state index contributed by atoms with van der Waals surface area (Å²) in [5, 5.41) is 0. The zero-order valence-corrected chi connectivity index (χ0v) is 17.4. The maximum absolute atomic E-state index is 13.6. The highest BCUT2D eigenvalue weighted by Gasteiger charge is 2.56. The van der Waals surface area contributed by atoms with Crippen LogP contribution in [0.4, 0.5) is 0 Å². The maximum atomic E-state index is 13.6. The Morgan fingerprint density at radius 2 is 1.46 bits per heavy atom. The topological polar surface area (TPSA) is 43.4 Å². The predicted molar refractivity (Wildman–Crippen MR) is 111 cm³/mol. The lowest BCUT2D eigenvalue weighted by molar-refractivity contribution is -0.164. The molecule has 1 aliphatic rings. The van der Waals surface area contributed by atoms with Crippen LogP contribution in [0.5, 0.6) is 0 Å². The summed E-state index contributed by atoms with van der Waals surface area (Å²) < 4.78 is 5.77. The van der Waals surface area contributed by atoms with Crippen LogP contribution in [0, 0.1) is 17.3 Å². The first-order chi connectivity index (χ1) is 13.1. The van der Waals surface area contributed by atoms with Gasteiger partial charge in [-0.25, -0.2) is 0 Å². The summed E-state index contributed by atoms with van der Waals surface area (Å²) in [6.45, 7) is 9.77. The van der Waals surface area contributed by atoms with E-state index in [-0.39, 0.29) is 23.1 Å². The van der Waals surface area contributed by atoms with Gasteiger partial charge in [0.05, 0.1) is 5.92 Å². The second-order valence-corrected chi connectivity index (χ2v) is 9.48. The molecule has 0 radical (unpaired) electrons. The lowest BCUT2D eigenvalue weighted by Gasteiger charge is -2.31. The molecule has 3 heteroatoms. The van der Waals surface area contributed by atoms with Crippen molar-refractivity contribution in [3.63, 3.8) is 0 Å². The zero-order chi connectivity index (χ0) is 20.5. The molecule has 0 unspecified atom stereocenters. The van der Waals surface area contributed by atoms with Crippen LogP contribution in [-0.4, -0.2) is 17.4 Å². The van der Waals surface area contributed by atoms with Gasteiger partial charge in [0, 0.05) is 11.5 Å². The molecule has 2 aromatic carbocycles. The molecule has 1 fully saturated rings. The number of ether oxygens (including phenoxy) is 1. The predicted octanol–water partition coefficient (Wildman–Crippen LogP) is 5.66. The second kappa shape index (κ2) is 7.54. The largest absolute Gasteiger partial charge is 0.460 e. The third-order valence-electron chi connectivity index (χ3n) is 5.63. The number of carbonyl (C=O) groups is 2. The van der Waals surface area contributed by atoms with Crippen LogP contribution >= 0.6 is 0 Å². The number of benzene rings is 2. The van der Waals surface area contributed by atoms with Crippen LogP contribution in [0.15, 0.2) is 60.7 Å². The van der Waals surface area contributed by atoms with Gasteiger partial charge in [-0.1, -0.05) is 74.5 Å². The molecule has 2 aromatic rings. The lowest BCUT2D eigenvalue weighted by atomic mass is 9.75. The van der Waals surface area contributed by atoms with Crippen molar-refractivity contribution in [2.24, 2.45) is 17.3 Å². The number of esters is 1. The monoisotopic (exact) mass is 378 g/mol. The molecule has 0 heterocycles. The standard InChI is InChI=1S/C25H30O3/c1-24(2,3)28-23(27)21-20(22(26)18-14-10-7-11-15-18)19(16-25(21,4)5)17-12-8-6-9-13-17/h6-15,19-21H,16H2,1-5H3/t19-,20-,21-/m1/s1. The van der Waals surface area contributed by atoms with Crippen LogP contribution in [0.25, 0.3) is 0 Å². The third-order valence-corrected chi connectivity index (χ3v) is 5.63. The van der Waals surface area contributed by atoms with Crippen LogP contribution in [-0.2, 0) is 9.53 Å². The van der Waals surface area contributed by atoms with E-state index in [1.54, 1.807) is 0 Å². The zero-order valence-electron chi connectivity index (χ0n) is 17.4. The molecule has 3 nitrogen and oxygen atoms in total. The molecule has 148 valence electrons. The number of carbonyl (C=O) groups excluding carboxylic acids is 2. The van der Waals surface area contributed by atoms with Crippen molar-refractivity contribution in [2.45, 2.75) is 52.6 Å². The summed E-state index contributed by atoms with van der Waals surface area (Å²) in [5.74, 6) is -1.18. The first-order valence-corrected chi connectivity index (χ1v) is 9.97. The average molecular weight is 379 g/mol. The molecule has 1 saturated carbocycles. The Bertz CT molecular complexity index is 831. The van der Waals surface area contributed by atoms with Crippen LogP contribution in [0.1, 0.15) is 62.9 Å². The minimum Gasteiger partial charge on any atom is -0.460 e. The Morgan fingerprint density at radius 3 is 2.00 bits per heavy atom. The Kier molecular flexibility index (Phi) is 5.47. The summed E-state index contributed by atoms with van der Waals surface area (Å²) in [5.41, 5.74) is 0.839. The summed E-state index contributed by atoms with van der Waals surface area (Å²) in [6.07, 6.45) is 0.768. The van der Waals surface area contributed by atoms with Crippen molar-refractivity contribution in [2.75, 3.05) is 0 Å². The van der Waals surface area contributed by atoms with Crippen molar-refractivity contribution in [1.82, 2.24) is 0 Å². The molecular formula is C25H30O3. The minimum absolute atomic E-state index is 0.0126. The lowest BCUT2D eigenvalue weighted by Crippen LogP contribution is -2.39. The SMILES string of the molecule is CC(C)(C)OC(=O)[C@H]1[C@H](C(=O)c2ccccc2)[C@@H](c2ccccc2)CC1(C)C. The van der Waals surface area contributed by atoms with Crippen LogP contribution in [0.2, 0.25) is 0 Å². The molecule has 0 bridgehead atoms. The number of Topliss-reactive ketones (excluding diaryl/α,β-unsaturated/α-hetero) is 1. The number of rotatable bonds is 4. The molecule has 0 aromatic heterocycles. The Morgan fingerprint density at radius 1 is 0.929 bits per heavy atom. The van der Waals surface area contributed by atoms with Gasteiger partial charge in [0.15, 0.2) is 5.78 Å². The van der Waals surface area contributed by atoms with Gasteiger partial charge in [-0.3, -0.25) is 9.59 Å². The van der Waals surface area contributed by atoms with Gasteiger partial charge in [-0.2, -0.15) is 0 Å². The first kappa shape index (κ1) is 20.3. The van der Waals surface area contributed by atoms with E-state index in [0.29, 0.717) is 5.56 Å². The molecule has 3 atom stereocenters. The van der Waals surface area contributed by atoms with Gasteiger partial charge in [0.2, 0.25) is 0 Å². The fourth-order valence-electron chi connectivity index (χ4n) is 4.52. The first-order valence-electron chi connectivity index (χ1n) is 9.97. The van der Waals surface area contributed by atoms with E-state index in [1.165, 1.54) is 0 Å². The van der Waals surface area contributed by atoms with Gasteiger partial charge in [0.1, 0.15) is 5.60 Å². The highest BCUT2D eigenvalue weighted by molar-refractivity contribution is 6.01. The number of ketones is 1. The third kappa shape index (κ3) is 4.19. The van der Waals surface area contributed by atoms with Crippen molar-refractivity contribution >= 4 is 11.8 Å². The molecule has 0 saturated heterocycles. The summed E-state index contributed by atoms with van der Waals surface area (Å²) in [4.78, 5) is 26.8. The molecule has 28 heavy (non-hydrogen) atoms. The summed E-state index contributed by atoms with van der Waals surface area (Å²) >= 11 is 0. The average Bonchev–Trinajstić information content (AvgIpc) is 2.92. The minimum atomic E-state index is -0.585. The van der Waals surface area contributed by atoms with E-state index in [2.05, 4.69) is 26.0 Å². The van der Waals surface area contributed by atoms with Gasteiger partial charge in [-0.15, -0.1) is 0 Å². The smallest absolute Gasteiger partial charge is 0.310 e. The van der Waals surface area contributed by atoms with Gasteiger partial charge in [0.25, 0.3) is 0 Å². The fraction of sp³-hybridized carbons (Fsp3) is 0.440. The van der Waals surface area contributed by atoms with Crippen molar-refractivity contribution < 1.29 is 14.3 Å². The normalized spacial score (nSPS) is 24.0. The van der Waals surface area contributed by atoms with Gasteiger partial charge < -0.3 is 4.74 Å². The molecule has 3 rings (SSSR count). The van der Waals surface area contributed by atoms with Gasteiger partial charge in [-0.05, 0) is 44.1 Å². The highest BCUT2D eigenvalue weighted by Crippen LogP contribution is 2.55. The fourth-order valence-corrected chi connectivity index (χ4v) is 4.52. The van der Waals surface area contributed by atoms with Crippen molar-refractivity contribution in [3.05, 3.63) is 71.8 Å². The van der Waals surface area contributed by atoms with Crippen LogP contribution < -0.4 is 0 Å². The maximum Gasteiger partial charge on any atom is 0.310 e. The van der Waals surface area contributed by atoms with Gasteiger partial charge >= 0.3 is 5.97 Å². The van der Waals surface area contributed by atoms with E-state index in [1.807, 2.05) is 69.3 Å². The summed E-state index contributed by atoms with van der Waals surface area (Å²) in [6, 6.07) is 19.4. The van der Waals surface area contributed by atoms with E-state index in [4.69, 9.17) is 4.74 Å². The number of hydrogen-bond acceptors (Lipinski definition) is 3. The molecule has 0 amide bonds. The van der Waals surface area contributed by atoms with Crippen molar-refractivity contribution in [1.29, 1.82) is 0 Å². The molecule has 0 aliphatic heterocycles. The highest BCUT2D eigenvalue weighted by atomic mass is 16.6. The molecule has 0 spiro atoms.